The van der Waals surface area contributed by atoms with Crippen LogP contribution in [0.1, 0.15) is 11.1 Å². The van der Waals surface area contributed by atoms with Crippen LogP contribution in [0.2, 0.25) is 0 Å². The molecule has 0 amide bonds. The van der Waals surface area contributed by atoms with Gasteiger partial charge in [0, 0.05) is 0 Å². The first-order valence-electron chi connectivity index (χ1n) is 5.33. The minimum Gasteiger partial charge on any atom is -0.244 e. The van der Waals surface area contributed by atoms with Crippen molar-refractivity contribution in [1.82, 2.24) is 9.97 Å². The molecule has 0 aliphatic rings. The lowest BCUT2D eigenvalue weighted by atomic mass is 10.1. The minimum absolute atomic E-state index is 0.285. The molecular weight excluding hydrogens is 224 g/mol. The molecule has 4 nitrogen and oxygen atoms in total. The van der Waals surface area contributed by atoms with Gasteiger partial charge < -0.3 is 0 Å². The number of hydrogen-bond acceptors (Lipinski definition) is 4. The van der Waals surface area contributed by atoms with E-state index in [0.29, 0.717) is 16.6 Å². The largest absolute Gasteiger partial charge is 0.244 e. The van der Waals surface area contributed by atoms with Crippen LogP contribution in [0.4, 0.5) is 0 Å². The Bertz CT molecular complexity index is 853. The van der Waals surface area contributed by atoms with Crippen molar-refractivity contribution in [3.63, 3.8) is 0 Å². The normalized spacial score (nSPS) is 10.1. The summed E-state index contributed by atoms with van der Waals surface area (Å²) in [7, 11) is 0. The maximum Gasteiger partial charge on any atom is 0.109 e. The number of aromatic nitrogens is 2. The van der Waals surface area contributed by atoms with Crippen LogP contribution in [0.25, 0.3) is 22.1 Å². The number of benzene rings is 2. The second-order valence-corrected chi connectivity index (χ2v) is 3.79. The zero-order chi connectivity index (χ0) is 12.5. The minimum atomic E-state index is 0.285. The van der Waals surface area contributed by atoms with Gasteiger partial charge in [-0.2, -0.15) is 10.5 Å². The van der Waals surface area contributed by atoms with Gasteiger partial charge in [-0.3, -0.25) is 0 Å². The highest BCUT2D eigenvalue weighted by atomic mass is 14.8. The van der Waals surface area contributed by atoms with E-state index in [4.69, 9.17) is 10.5 Å². The van der Waals surface area contributed by atoms with Crippen molar-refractivity contribution in [2.75, 3.05) is 0 Å². The molecule has 4 heteroatoms. The van der Waals surface area contributed by atoms with Gasteiger partial charge in [0.25, 0.3) is 0 Å². The Balaban J connectivity index is 2.52. The quantitative estimate of drug-likeness (QED) is 0.556. The topological polar surface area (TPSA) is 73.4 Å². The molecule has 0 aliphatic heterocycles. The molecule has 2 aromatic carbocycles. The van der Waals surface area contributed by atoms with Gasteiger partial charge in [0.1, 0.15) is 17.7 Å². The van der Waals surface area contributed by atoms with E-state index < -0.39 is 0 Å². The summed E-state index contributed by atoms with van der Waals surface area (Å²) in [5.74, 6) is 0. The average Bonchev–Trinajstić information content (AvgIpc) is 2.43. The highest BCUT2D eigenvalue weighted by molar-refractivity contribution is 5.90. The molecule has 18 heavy (non-hydrogen) atoms. The molecule has 82 valence electrons. The predicted molar refractivity (Wildman–Crippen MR) is 66.5 cm³/mol. The SMILES string of the molecule is N#Cc1ccc2nc3ccccc3nc2c1C#N. The Morgan fingerprint density at radius 3 is 2.17 bits per heavy atom. The molecular formula is C14H6N4. The zero-order valence-corrected chi connectivity index (χ0v) is 9.25. The van der Waals surface area contributed by atoms with Crippen LogP contribution in [0, 0.1) is 22.7 Å². The lowest BCUT2D eigenvalue weighted by Crippen LogP contribution is -1.93. The first kappa shape index (κ1) is 10.2. The third-order valence-electron chi connectivity index (χ3n) is 2.74. The van der Waals surface area contributed by atoms with E-state index >= 15 is 0 Å². The summed E-state index contributed by atoms with van der Waals surface area (Å²) in [6.45, 7) is 0. The van der Waals surface area contributed by atoms with Crippen LogP contribution < -0.4 is 0 Å². The molecule has 3 rings (SSSR count). The Labute approximate surface area is 103 Å². The molecule has 0 N–H and O–H groups in total. The summed E-state index contributed by atoms with van der Waals surface area (Å²) in [6, 6.07) is 14.8. The first-order chi connectivity index (χ1) is 8.83. The monoisotopic (exact) mass is 230 g/mol. The summed E-state index contributed by atoms with van der Waals surface area (Å²) in [5, 5.41) is 18.1. The van der Waals surface area contributed by atoms with Crippen molar-refractivity contribution in [3.8, 4) is 12.1 Å². The van der Waals surface area contributed by atoms with E-state index in [2.05, 4.69) is 9.97 Å². The standard InChI is InChI=1S/C14H6N4/c15-7-9-5-6-13-14(10(9)8-16)18-12-4-2-1-3-11(12)17-13/h1-6H. The number of hydrogen-bond donors (Lipinski definition) is 0. The third kappa shape index (κ3) is 1.37. The lowest BCUT2D eigenvalue weighted by Gasteiger charge is -2.03. The number of nitriles is 2. The molecule has 0 saturated heterocycles. The van der Waals surface area contributed by atoms with Crippen molar-refractivity contribution in [3.05, 3.63) is 47.5 Å². The zero-order valence-electron chi connectivity index (χ0n) is 9.25. The summed E-state index contributed by atoms with van der Waals surface area (Å²) >= 11 is 0. The fourth-order valence-corrected chi connectivity index (χ4v) is 1.89. The predicted octanol–water partition coefficient (Wildman–Crippen LogP) is 2.53. The maximum atomic E-state index is 9.15. The third-order valence-corrected chi connectivity index (χ3v) is 2.74. The summed E-state index contributed by atoms with van der Waals surface area (Å²) in [4.78, 5) is 8.86. The van der Waals surface area contributed by atoms with Crippen LogP contribution in [0.5, 0.6) is 0 Å². The molecule has 0 atom stereocenters. The van der Waals surface area contributed by atoms with Crippen LogP contribution in [-0.2, 0) is 0 Å². The van der Waals surface area contributed by atoms with Gasteiger partial charge in [-0.05, 0) is 24.3 Å². The van der Waals surface area contributed by atoms with Crippen LogP contribution in [0.3, 0.4) is 0 Å². The van der Waals surface area contributed by atoms with Gasteiger partial charge in [0.2, 0.25) is 0 Å². The van der Waals surface area contributed by atoms with Crippen molar-refractivity contribution in [2.24, 2.45) is 0 Å². The van der Waals surface area contributed by atoms with Gasteiger partial charge in [-0.25, -0.2) is 9.97 Å². The lowest BCUT2D eigenvalue weighted by molar-refractivity contribution is 1.36. The molecule has 1 heterocycles. The number of nitrogens with zero attached hydrogens (tertiary/aromatic N) is 4. The smallest absolute Gasteiger partial charge is 0.109 e. The van der Waals surface area contributed by atoms with E-state index in [1.54, 1.807) is 12.1 Å². The highest BCUT2D eigenvalue weighted by Gasteiger charge is 2.10. The Hall–Kier alpha value is -2.98. The van der Waals surface area contributed by atoms with Crippen molar-refractivity contribution in [1.29, 1.82) is 10.5 Å². The fourth-order valence-electron chi connectivity index (χ4n) is 1.89. The van der Waals surface area contributed by atoms with E-state index in [1.807, 2.05) is 36.4 Å². The van der Waals surface area contributed by atoms with E-state index in [9.17, 15) is 0 Å². The van der Waals surface area contributed by atoms with E-state index in [1.165, 1.54) is 0 Å². The van der Waals surface area contributed by atoms with Gasteiger partial charge >= 0.3 is 0 Å². The van der Waals surface area contributed by atoms with Crippen molar-refractivity contribution < 1.29 is 0 Å². The molecule has 1 aromatic heterocycles. The first-order valence-corrected chi connectivity index (χ1v) is 5.33. The summed E-state index contributed by atoms with van der Waals surface area (Å²) in [5.41, 5.74) is 3.22. The second kappa shape index (κ2) is 3.80. The molecule has 0 spiro atoms. The second-order valence-electron chi connectivity index (χ2n) is 3.79. The molecule has 0 saturated carbocycles. The Morgan fingerprint density at radius 2 is 1.50 bits per heavy atom. The highest BCUT2D eigenvalue weighted by Crippen LogP contribution is 2.21. The Morgan fingerprint density at radius 1 is 0.778 bits per heavy atom. The average molecular weight is 230 g/mol. The Kier molecular flexibility index (Phi) is 2.15. The summed E-state index contributed by atoms with van der Waals surface area (Å²) < 4.78 is 0. The summed E-state index contributed by atoms with van der Waals surface area (Å²) in [6.07, 6.45) is 0. The van der Waals surface area contributed by atoms with Crippen molar-refractivity contribution >= 4 is 22.1 Å². The van der Waals surface area contributed by atoms with Gasteiger partial charge in [0.15, 0.2) is 0 Å². The van der Waals surface area contributed by atoms with Crippen molar-refractivity contribution in [2.45, 2.75) is 0 Å². The molecule has 0 fully saturated rings. The molecule has 0 radical (unpaired) electrons. The molecule has 0 bridgehead atoms. The molecule has 3 aromatic rings. The van der Waals surface area contributed by atoms with E-state index in [-0.39, 0.29) is 5.56 Å². The molecule has 0 unspecified atom stereocenters. The van der Waals surface area contributed by atoms with Crippen LogP contribution in [-0.4, -0.2) is 9.97 Å². The fraction of sp³-hybridized carbons (Fsp3) is 0. The van der Waals surface area contributed by atoms with E-state index in [0.717, 1.165) is 11.0 Å². The van der Waals surface area contributed by atoms with Crippen LogP contribution >= 0.6 is 0 Å². The van der Waals surface area contributed by atoms with Gasteiger partial charge in [-0.1, -0.05) is 12.1 Å². The molecule has 0 aliphatic carbocycles. The van der Waals surface area contributed by atoms with Gasteiger partial charge in [0.05, 0.1) is 27.7 Å². The number of rotatable bonds is 0. The number of para-hydroxylation sites is 2. The van der Waals surface area contributed by atoms with Crippen LogP contribution in [0.15, 0.2) is 36.4 Å². The number of fused-ring (bicyclic) bond motifs is 2. The maximum absolute atomic E-state index is 9.15. The van der Waals surface area contributed by atoms with Gasteiger partial charge in [-0.15, -0.1) is 0 Å².